The molecule has 6 heteroatoms. The highest BCUT2D eigenvalue weighted by molar-refractivity contribution is 7.18. The first-order valence-electron chi connectivity index (χ1n) is 6.53. The van der Waals surface area contributed by atoms with Gasteiger partial charge >= 0.3 is 0 Å². The Hall–Kier alpha value is -1.40. The normalized spacial score (nSPS) is 11.1. The average Bonchev–Trinajstić information content (AvgIpc) is 2.81. The SMILES string of the molecule is CCc1cc2c(NCCCCOC)nc(N)nc2s1. The topological polar surface area (TPSA) is 73.1 Å². The number of fused-ring (bicyclic) bond motifs is 1. The van der Waals surface area contributed by atoms with Crippen LogP contribution in [0.25, 0.3) is 10.2 Å². The van der Waals surface area contributed by atoms with Gasteiger partial charge in [-0.1, -0.05) is 6.92 Å². The monoisotopic (exact) mass is 280 g/mol. The van der Waals surface area contributed by atoms with Crippen molar-refractivity contribution >= 4 is 33.3 Å². The maximum absolute atomic E-state index is 5.75. The van der Waals surface area contributed by atoms with Gasteiger partial charge in [0.1, 0.15) is 10.6 Å². The van der Waals surface area contributed by atoms with E-state index < -0.39 is 0 Å². The molecule has 0 aliphatic heterocycles. The highest BCUT2D eigenvalue weighted by Crippen LogP contribution is 2.29. The summed E-state index contributed by atoms with van der Waals surface area (Å²) in [6.07, 6.45) is 3.09. The standard InChI is InChI=1S/C13H20N4OS/c1-3-9-8-10-11(15-6-4-5-7-18-2)16-13(14)17-12(10)19-9/h8H,3-7H2,1-2H3,(H3,14,15,16,17). The van der Waals surface area contributed by atoms with Crippen LogP contribution in [0.1, 0.15) is 24.6 Å². The second-order valence-electron chi connectivity index (χ2n) is 4.34. The molecule has 0 amide bonds. The molecule has 0 aliphatic carbocycles. The fourth-order valence-corrected chi connectivity index (χ4v) is 2.85. The van der Waals surface area contributed by atoms with Crippen LogP contribution < -0.4 is 11.1 Å². The van der Waals surface area contributed by atoms with Crippen LogP contribution in [0.4, 0.5) is 11.8 Å². The van der Waals surface area contributed by atoms with Crippen LogP contribution in [0.5, 0.6) is 0 Å². The van der Waals surface area contributed by atoms with E-state index in [9.17, 15) is 0 Å². The van der Waals surface area contributed by atoms with Crippen molar-refractivity contribution in [1.82, 2.24) is 9.97 Å². The van der Waals surface area contributed by atoms with Gasteiger partial charge in [-0.2, -0.15) is 4.98 Å². The van der Waals surface area contributed by atoms with E-state index in [0.717, 1.165) is 48.4 Å². The van der Waals surface area contributed by atoms with Gasteiger partial charge in [-0.25, -0.2) is 4.98 Å². The zero-order chi connectivity index (χ0) is 13.7. The van der Waals surface area contributed by atoms with Crippen LogP contribution in [0.15, 0.2) is 6.07 Å². The highest BCUT2D eigenvalue weighted by Gasteiger charge is 2.09. The minimum Gasteiger partial charge on any atom is -0.385 e. The number of methoxy groups -OCH3 is 1. The Morgan fingerprint density at radius 1 is 1.37 bits per heavy atom. The third-order valence-corrected chi connectivity index (χ3v) is 4.05. The van der Waals surface area contributed by atoms with Crippen molar-refractivity contribution < 1.29 is 4.74 Å². The number of nitrogens with two attached hydrogens (primary N) is 1. The first-order chi connectivity index (χ1) is 9.24. The fraction of sp³-hybridized carbons (Fsp3) is 0.538. The smallest absolute Gasteiger partial charge is 0.223 e. The third-order valence-electron chi connectivity index (χ3n) is 2.88. The minimum atomic E-state index is 0.330. The zero-order valence-electron chi connectivity index (χ0n) is 11.4. The lowest BCUT2D eigenvalue weighted by molar-refractivity contribution is 0.194. The predicted octanol–water partition coefficient (Wildman–Crippen LogP) is 2.67. The lowest BCUT2D eigenvalue weighted by Crippen LogP contribution is -2.06. The molecule has 0 saturated heterocycles. The zero-order valence-corrected chi connectivity index (χ0v) is 12.2. The van der Waals surface area contributed by atoms with Gasteiger partial charge < -0.3 is 15.8 Å². The van der Waals surface area contributed by atoms with Crippen molar-refractivity contribution in [3.8, 4) is 0 Å². The van der Waals surface area contributed by atoms with Gasteiger partial charge in [0.15, 0.2) is 0 Å². The fourth-order valence-electron chi connectivity index (χ4n) is 1.88. The summed E-state index contributed by atoms with van der Waals surface area (Å²) in [4.78, 5) is 10.9. The number of nitrogen functional groups attached to an aromatic ring is 1. The van der Waals surface area contributed by atoms with Gasteiger partial charge in [0.05, 0.1) is 5.39 Å². The quantitative estimate of drug-likeness (QED) is 0.763. The molecule has 2 aromatic heterocycles. The molecule has 0 unspecified atom stereocenters. The van der Waals surface area contributed by atoms with E-state index in [-0.39, 0.29) is 0 Å². The number of anilines is 2. The molecule has 0 saturated carbocycles. The summed E-state index contributed by atoms with van der Waals surface area (Å²) in [7, 11) is 1.72. The largest absolute Gasteiger partial charge is 0.385 e. The maximum atomic E-state index is 5.75. The summed E-state index contributed by atoms with van der Waals surface area (Å²) in [6, 6.07) is 2.15. The predicted molar refractivity (Wildman–Crippen MR) is 80.8 cm³/mol. The molecule has 0 radical (unpaired) electrons. The summed E-state index contributed by atoms with van der Waals surface area (Å²) in [5.74, 6) is 1.17. The van der Waals surface area contributed by atoms with E-state index in [1.807, 2.05) is 0 Å². The van der Waals surface area contributed by atoms with Gasteiger partial charge in [0, 0.05) is 25.1 Å². The number of nitrogens with one attached hydrogen (secondary N) is 1. The Kier molecular flexibility index (Phi) is 4.93. The summed E-state index contributed by atoms with van der Waals surface area (Å²) < 4.78 is 5.03. The molecule has 0 bridgehead atoms. The van der Waals surface area contributed by atoms with Crippen molar-refractivity contribution in [2.45, 2.75) is 26.2 Å². The maximum Gasteiger partial charge on any atom is 0.223 e. The minimum absolute atomic E-state index is 0.330. The summed E-state index contributed by atoms with van der Waals surface area (Å²) in [5.41, 5.74) is 5.75. The van der Waals surface area contributed by atoms with Gasteiger partial charge in [0.2, 0.25) is 5.95 Å². The number of rotatable bonds is 7. The van der Waals surface area contributed by atoms with E-state index in [1.165, 1.54) is 4.88 Å². The number of thiophene rings is 1. The molecule has 0 aliphatic rings. The molecule has 2 rings (SSSR count). The van der Waals surface area contributed by atoms with E-state index in [0.29, 0.717) is 5.95 Å². The molecule has 0 spiro atoms. The Morgan fingerprint density at radius 3 is 2.95 bits per heavy atom. The molecular weight excluding hydrogens is 260 g/mol. The summed E-state index contributed by atoms with van der Waals surface area (Å²) in [6.45, 7) is 3.80. The van der Waals surface area contributed by atoms with E-state index >= 15 is 0 Å². The van der Waals surface area contributed by atoms with Crippen LogP contribution >= 0.6 is 11.3 Å². The second kappa shape index (κ2) is 6.68. The van der Waals surface area contributed by atoms with Gasteiger partial charge in [-0.3, -0.25) is 0 Å². The number of nitrogens with zero attached hydrogens (tertiary/aromatic N) is 2. The van der Waals surface area contributed by atoms with E-state index in [1.54, 1.807) is 18.4 Å². The van der Waals surface area contributed by atoms with Gasteiger partial charge in [0.25, 0.3) is 0 Å². The molecule has 0 aromatic carbocycles. The Labute approximate surface area is 117 Å². The lowest BCUT2D eigenvalue weighted by Gasteiger charge is -2.07. The van der Waals surface area contributed by atoms with Crippen LogP contribution in [-0.2, 0) is 11.2 Å². The molecular formula is C13H20N4OS. The molecule has 0 atom stereocenters. The molecule has 2 heterocycles. The molecule has 19 heavy (non-hydrogen) atoms. The average molecular weight is 280 g/mol. The van der Waals surface area contributed by atoms with Gasteiger partial charge in [-0.05, 0) is 25.3 Å². The molecule has 3 N–H and O–H groups in total. The van der Waals surface area contributed by atoms with Crippen molar-refractivity contribution in [3.05, 3.63) is 10.9 Å². The highest BCUT2D eigenvalue weighted by atomic mass is 32.1. The van der Waals surface area contributed by atoms with Gasteiger partial charge in [-0.15, -0.1) is 11.3 Å². The van der Waals surface area contributed by atoms with E-state index in [2.05, 4.69) is 28.3 Å². The number of aryl methyl sites for hydroxylation is 1. The number of ether oxygens (including phenoxy) is 1. The number of hydrogen-bond acceptors (Lipinski definition) is 6. The second-order valence-corrected chi connectivity index (χ2v) is 5.46. The lowest BCUT2D eigenvalue weighted by atomic mass is 10.3. The Balaban J connectivity index is 2.10. The van der Waals surface area contributed by atoms with Crippen molar-refractivity contribution in [3.63, 3.8) is 0 Å². The molecule has 104 valence electrons. The third kappa shape index (κ3) is 3.54. The Bertz CT molecular complexity index is 541. The van der Waals surface area contributed by atoms with Crippen molar-refractivity contribution in [2.24, 2.45) is 0 Å². The molecule has 0 fully saturated rings. The van der Waals surface area contributed by atoms with Crippen LogP contribution in [0, 0.1) is 0 Å². The first kappa shape index (κ1) is 14.0. The number of aromatic nitrogens is 2. The molecule has 5 nitrogen and oxygen atoms in total. The number of hydrogen-bond donors (Lipinski definition) is 2. The molecule has 2 aromatic rings. The van der Waals surface area contributed by atoms with Crippen molar-refractivity contribution in [1.29, 1.82) is 0 Å². The van der Waals surface area contributed by atoms with Crippen LogP contribution in [0.3, 0.4) is 0 Å². The first-order valence-corrected chi connectivity index (χ1v) is 7.35. The van der Waals surface area contributed by atoms with Crippen LogP contribution in [-0.4, -0.2) is 30.2 Å². The van der Waals surface area contributed by atoms with Crippen LogP contribution in [0.2, 0.25) is 0 Å². The summed E-state index contributed by atoms with van der Waals surface area (Å²) in [5, 5.41) is 4.42. The summed E-state index contributed by atoms with van der Waals surface area (Å²) >= 11 is 1.68. The number of unbranched alkanes of at least 4 members (excludes halogenated alkanes) is 1. The van der Waals surface area contributed by atoms with E-state index in [4.69, 9.17) is 10.5 Å². The van der Waals surface area contributed by atoms with Crippen molar-refractivity contribution in [2.75, 3.05) is 31.3 Å². The Morgan fingerprint density at radius 2 is 2.21 bits per heavy atom.